The maximum absolute atomic E-state index is 12.0. The second-order valence-electron chi connectivity index (χ2n) is 6.77. The Morgan fingerprint density at radius 1 is 1.36 bits per heavy atom. The molecule has 0 fully saturated rings. The van der Waals surface area contributed by atoms with Crippen LogP contribution in [0, 0.1) is 0 Å². The van der Waals surface area contributed by atoms with Gasteiger partial charge < -0.3 is 4.74 Å². The molecule has 0 saturated carbocycles. The van der Waals surface area contributed by atoms with Gasteiger partial charge in [-0.15, -0.1) is 10.2 Å². The monoisotopic (exact) mass is 443 g/mol. The number of hydrogen-bond acceptors (Lipinski definition) is 6. The van der Waals surface area contributed by atoms with Gasteiger partial charge in [0.05, 0.1) is 4.47 Å². The third-order valence-corrected chi connectivity index (χ3v) is 5.69. The summed E-state index contributed by atoms with van der Waals surface area (Å²) in [7, 11) is 0. The topological polar surface area (TPSA) is 64.1 Å². The van der Waals surface area contributed by atoms with Crippen molar-refractivity contribution >= 4 is 50.1 Å². The molecule has 0 bridgehead atoms. The SMILES string of the molecule is CC(C)Sc1nnc(NC(=O)COc2ccc(C(C)(C)C)cc2Br)s1. The Morgan fingerprint density at radius 2 is 2.08 bits per heavy atom. The van der Waals surface area contributed by atoms with E-state index in [9.17, 15) is 4.79 Å². The first-order valence-electron chi connectivity index (χ1n) is 7.88. The molecule has 0 unspecified atom stereocenters. The summed E-state index contributed by atoms with van der Waals surface area (Å²) in [5, 5.41) is 11.6. The van der Waals surface area contributed by atoms with Gasteiger partial charge in [-0.3, -0.25) is 10.1 Å². The van der Waals surface area contributed by atoms with Crippen LogP contribution in [-0.4, -0.2) is 28.0 Å². The minimum Gasteiger partial charge on any atom is -0.483 e. The zero-order valence-corrected chi connectivity index (χ0v) is 18.1. The van der Waals surface area contributed by atoms with Gasteiger partial charge in [-0.25, -0.2) is 0 Å². The van der Waals surface area contributed by atoms with E-state index in [1.54, 1.807) is 11.8 Å². The predicted molar refractivity (Wildman–Crippen MR) is 108 cm³/mol. The van der Waals surface area contributed by atoms with Crippen molar-refractivity contribution in [3.63, 3.8) is 0 Å². The summed E-state index contributed by atoms with van der Waals surface area (Å²) in [4.78, 5) is 12.0. The molecule has 8 heteroatoms. The van der Waals surface area contributed by atoms with Crippen molar-refractivity contribution in [1.29, 1.82) is 0 Å². The molecule has 0 aliphatic heterocycles. The number of benzene rings is 1. The van der Waals surface area contributed by atoms with E-state index in [1.807, 2.05) is 18.2 Å². The molecule has 1 N–H and O–H groups in total. The van der Waals surface area contributed by atoms with Gasteiger partial charge in [-0.05, 0) is 39.0 Å². The van der Waals surface area contributed by atoms with Crippen molar-refractivity contribution in [2.45, 2.75) is 49.6 Å². The molecule has 0 aliphatic carbocycles. The average molecular weight is 444 g/mol. The highest BCUT2D eigenvalue weighted by Crippen LogP contribution is 2.32. The number of ether oxygens (including phenoxy) is 1. The second kappa shape index (κ2) is 8.51. The second-order valence-corrected chi connectivity index (χ2v) is 10.4. The van der Waals surface area contributed by atoms with E-state index in [4.69, 9.17) is 4.74 Å². The third-order valence-electron chi connectivity index (χ3n) is 3.15. The summed E-state index contributed by atoms with van der Waals surface area (Å²) in [6.45, 7) is 10.5. The quantitative estimate of drug-likeness (QED) is 0.495. The Morgan fingerprint density at radius 3 is 2.68 bits per heavy atom. The number of thioether (sulfide) groups is 1. The van der Waals surface area contributed by atoms with Gasteiger partial charge in [0.2, 0.25) is 5.13 Å². The van der Waals surface area contributed by atoms with Crippen LogP contribution in [0.5, 0.6) is 5.75 Å². The van der Waals surface area contributed by atoms with Crippen LogP contribution in [0.1, 0.15) is 40.2 Å². The normalized spacial score (nSPS) is 11.6. The highest BCUT2D eigenvalue weighted by molar-refractivity contribution is 9.10. The lowest BCUT2D eigenvalue weighted by Crippen LogP contribution is -2.20. The fourth-order valence-corrected chi connectivity index (χ4v) is 4.38. The van der Waals surface area contributed by atoms with Crippen molar-refractivity contribution in [3.05, 3.63) is 28.2 Å². The van der Waals surface area contributed by atoms with Crippen LogP contribution in [0.4, 0.5) is 5.13 Å². The van der Waals surface area contributed by atoms with Gasteiger partial charge in [0, 0.05) is 5.25 Å². The summed E-state index contributed by atoms with van der Waals surface area (Å²) in [6, 6.07) is 5.91. The molecule has 5 nitrogen and oxygen atoms in total. The molecule has 0 radical (unpaired) electrons. The summed E-state index contributed by atoms with van der Waals surface area (Å²) in [5.74, 6) is 0.375. The largest absolute Gasteiger partial charge is 0.483 e. The number of halogens is 1. The number of aromatic nitrogens is 2. The number of hydrogen-bond donors (Lipinski definition) is 1. The van der Waals surface area contributed by atoms with E-state index in [0.717, 1.165) is 8.81 Å². The van der Waals surface area contributed by atoms with Crippen LogP contribution in [0.15, 0.2) is 27.0 Å². The molecule has 1 aromatic carbocycles. The number of nitrogens with one attached hydrogen (secondary N) is 1. The summed E-state index contributed by atoms with van der Waals surface area (Å²) in [5.41, 5.74) is 1.25. The van der Waals surface area contributed by atoms with Crippen LogP contribution < -0.4 is 10.1 Å². The van der Waals surface area contributed by atoms with Crippen molar-refractivity contribution in [2.24, 2.45) is 0 Å². The van der Waals surface area contributed by atoms with Gasteiger partial charge in [0.15, 0.2) is 10.9 Å². The number of amides is 1. The van der Waals surface area contributed by atoms with E-state index >= 15 is 0 Å². The highest BCUT2D eigenvalue weighted by Gasteiger charge is 2.16. The Labute approximate surface area is 165 Å². The Balaban J connectivity index is 1.90. The van der Waals surface area contributed by atoms with E-state index in [2.05, 4.69) is 66.1 Å². The van der Waals surface area contributed by atoms with Gasteiger partial charge in [-0.1, -0.05) is 63.8 Å². The summed E-state index contributed by atoms with van der Waals surface area (Å²) in [6.07, 6.45) is 0. The highest BCUT2D eigenvalue weighted by atomic mass is 79.9. The minimum atomic E-state index is -0.260. The number of anilines is 1. The molecule has 2 rings (SSSR count). The first-order valence-corrected chi connectivity index (χ1v) is 10.4. The molecule has 1 amide bonds. The van der Waals surface area contributed by atoms with E-state index < -0.39 is 0 Å². The molecule has 2 aromatic rings. The molecule has 0 aliphatic rings. The molecule has 0 atom stereocenters. The molecule has 25 heavy (non-hydrogen) atoms. The molecule has 0 spiro atoms. The third kappa shape index (κ3) is 6.27. The zero-order chi connectivity index (χ0) is 18.6. The lowest BCUT2D eigenvalue weighted by atomic mass is 9.87. The minimum absolute atomic E-state index is 0.0575. The van der Waals surface area contributed by atoms with E-state index in [1.165, 1.54) is 16.9 Å². The number of carbonyl (C=O) groups is 1. The number of nitrogens with zero attached hydrogens (tertiary/aromatic N) is 2. The molecular formula is C17H22BrN3O2S2. The summed E-state index contributed by atoms with van der Waals surface area (Å²) < 4.78 is 7.27. The van der Waals surface area contributed by atoms with Crippen LogP contribution in [0.2, 0.25) is 0 Å². The van der Waals surface area contributed by atoms with Crippen LogP contribution in [-0.2, 0) is 10.2 Å². The first-order chi connectivity index (χ1) is 11.6. The molecule has 1 heterocycles. The summed E-state index contributed by atoms with van der Waals surface area (Å²) >= 11 is 6.48. The fraction of sp³-hybridized carbons (Fsp3) is 0.471. The fourth-order valence-electron chi connectivity index (χ4n) is 1.89. The Bertz CT molecular complexity index is 742. The smallest absolute Gasteiger partial charge is 0.264 e. The van der Waals surface area contributed by atoms with Gasteiger partial charge in [0.1, 0.15) is 5.75 Å². The Kier molecular flexibility index (Phi) is 6.87. The predicted octanol–water partition coefficient (Wildman–Crippen LogP) is 5.12. The van der Waals surface area contributed by atoms with E-state index in [0.29, 0.717) is 16.1 Å². The van der Waals surface area contributed by atoms with Crippen LogP contribution in [0.3, 0.4) is 0 Å². The Hall–Kier alpha value is -1.12. The van der Waals surface area contributed by atoms with Gasteiger partial charge >= 0.3 is 0 Å². The van der Waals surface area contributed by atoms with Crippen molar-refractivity contribution in [2.75, 3.05) is 11.9 Å². The van der Waals surface area contributed by atoms with Crippen molar-refractivity contribution in [3.8, 4) is 5.75 Å². The molecular weight excluding hydrogens is 422 g/mol. The zero-order valence-electron chi connectivity index (χ0n) is 14.9. The number of carbonyl (C=O) groups excluding carboxylic acids is 1. The lowest BCUT2D eigenvalue weighted by Gasteiger charge is -2.20. The molecule has 0 saturated heterocycles. The maximum Gasteiger partial charge on any atom is 0.264 e. The maximum atomic E-state index is 12.0. The standard InChI is InChI=1S/C17H22BrN3O2S2/c1-10(2)24-16-21-20-15(25-16)19-14(22)9-23-13-7-6-11(8-12(13)18)17(3,4)5/h6-8,10H,9H2,1-5H3,(H,19,20,22). The van der Waals surface area contributed by atoms with Crippen LogP contribution >= 0.6 is 39.0 Å². The lowest BCUT2D eigenvalue weighted by molar-refractivity contribution is -0.118. The van der Waals surface area contributed by atoms with Crippen LogP contribution in [0.25, 0.3) is 0 Å². The van der Waals surface area contributed by atoms with Gasteiger partial charge in [0.25, 0.3) is 5.91 Å². The molecule has 1 aromatic heterocycles. The van der Waals surface area contributed by atoms with Crippen molar-refractivity contribution < 1.29 is 9.53 Å². The van der Waals surface area contributed by atoms with Gasteiger partial charge in [-0.2, -0.15) is 0 Å². The van der Waals surface area contributed by atoms with E-state index in [-0.39, 0.29) is 17.9 Å². The first kappa shape index (κ1) is 20.2. The molecule has 136 valence electrons. The average Bonchev–Trinajstić information content (AvgIpc) is 2.91. The number of rotatable bonds is 6. The van der Waals surface area contributed by atoms with Crippen molar-refractivity contribution in [1.82, 2.24) is 10.2 Å².